The molecule has 0 heterocycles. The molecule has 0 aromatic carbocycles. The summed E-state index contributed by atoms with van der Waals surface area (Å²) in [7, 11) is 0. The van der Waals surface area contributed by atoms with Crippen LogP contribution < -0.4 is 17.2 Å². The first-order valence-corrected chi connectivity index (χ1v) is 3.97. The number of hydrogen-bond acceptors (Lipinski definition) is 3. The Morgan fingerprint density at radius 3 is 2.10 bits per heavy atom. The van der Waals surface area contributed by atoms with Crippen molar-refractivity contribution in [3.8, 4) is 0 Å². The van der Waals surface area contributed by atoms with E-state index in [2.05, 4.69) is 0 Å². The molecular formula is C7H19N3. The highest BCUT2D eigenvalue weighted by atomic mass is 14.6. The molecule has 0 bridgehead atoms. The molecule has 0 radical (unpaired) electrons. The quantitative estimate of drug-likeness (QED) is 0.453. The first-order chi connectivity index (χ1) is 4.81. The predicted octanol–water partition coefficient (Wildman–Crippen LogP) is -0.208. The van der Waals surface area contributed by atoms with Crippen molar-refractivity contribution in [3.05, 3.63) is 0 Å². The molecule has 3 heteroatoms. The van der Waals surface area contributed by atoms with Crippen LogP contribution >= 0.6 is 0 Å². The molecular weight excluding hydrogens is 126 g/mol. The zero-order valence-corrected chi connectivity index (χ0v) is 6.55. The van der Waals surface area contributed by atoms with Crippen LogP contribution in [0.15, 0.2) is 0 Å². The Bertz CT molecular complexity index is 65.9. The van der Waals surface area contributed by atoms with Crippen LogP contribution in [0.1, 0.15) is 25.7 Å². The Morgan fingerprint density at radius 1 is 0.900 bits per heavy atom. The summed E-state index contributed by atoms with van der Waals surface area (Å²) in [6, 6.07) is 0.288. The Labute approximate surface area is 62.9 Å². The van der Waals surface area contributed by atoms with Crippen LogP contribution in [-0.2, 0) is 0 Å². The second-order valence-corrected chi connectivity index (χ2v) is 2.62. The monoisotopic (exact) mass is 145 g/mol. The van der Waals surface area contributed by atoms with E-state index in [1.54, 1.807) is 0 Å². The summed E-state index contributed by atoms with van der Waals surface area (Å²) >= 11 is 0. The molecule has 1 unspecified atom stereocenters. The third-order valence-corrected chi connectivity index (χ3v) is 1.57. The van der Waals surface area contributed by atoms with Crippen LogP contribution in [0.3, 0.4) is 0 Å². The fourth-order valence-corrected chi connectivity index (χ4v) is 0.909. The van der Waals surface area contributed by atoms with Crippen molar-refractivity contribution in [3.63, 3.8) is 0 Å². The molecule has 0 saturated heterocycles. The van der Waals surface area contributed by atoms with Gasteiger partial charge in [-0.2, -0.15) is 0 Å². The van der Waals surface area contributed by atoms with Gasteiger partial charge in [0.2, 0.25) is 0 Å². The van der Waals surface area contributed by atoms with Crippen molar-refractivity contribution in [1.82, 2.24) is 0 Å². The highest BCUT2D eigenvalue weighted by molar-refractivity contribution is 4.61. The van der Waals surface area contributed by atoms with E-state index in [-0.39, 0.29) is 6.04 Å². The number of rotatable bonds is 6. The minimum absolute atomic E-state index is 0.288. The minimum atomic E-state index is 0.288. The van der Waals surface area contributed by atoms with Gasteiger partial charge < -0.3 is 17.2 Å². The molecule has 0 aliphatic rings. The number of unbranched alkanes of at least 4 members (excludes halogenated alkanes) is 1. The molecule has 0 rings (SSSR count). The van der Waals surface area contributed by atoms with E-state index in [0.717, 1.165) is 32.2 Å². The largest absolute Gasteiger partial charge is 0.330 e. The smallest absolute Gasteiger partial charge is 0.00508 e. The fourth-order valence-electron chi connectivity index (χ4n) is 0.909. The van der Waals surface area contributed by atoms with E-state index in [1.807, 2.05) is 0 Å². The minimum Gasteiger partial charge on any atom is -0.330 e. The Balaban J connectivity index is 2.97. The SMILES string of the molecule is NCCCCC(N)CCN. The normalized spacial score (nSPS) is 13.5. The predicted molar refractivity (Wildman–Crippen MR) is 44.6 cm³/mol. The standard InChI is InChI=1S/C7H19N3/c8-5-2-1-3-7(10)4-6-9/h7H,1-6,8-10H2. The zero-order chi connectivity index (χ0) is 7.82. The van der Waals surface area contributed by atoms with Crippen molar-refractivity contribution in [2.45, 2.75) is 31.7 Å². The summed E-state index contributed by atoms with van der Waals surface area (Å²) < 4.78 is 0. The van der Waals surface area contributed by atoms with Gasteiger partial charge >= 0.3 is 0 Å². The molecule has 0 spiro atoms. The van der Waals surface area contributed by atoms with E-state index in [0.29, 0.717) is 6.54 Å². The maximum absolute atomic E-state index is 5.70. The second kappa shape index (κ2) is 6.99. The molecule has 10 heavy (non-hydrogen) atoms. The van der Waals surface area contributed by atoms with E-state index >= 15 is 0 Å². The summed E-state index contributed by atoms with van der Waals surface area (Å²) in [6.45, 7) is 1.47. The van der Waals surface area contributed by atoms with Crippen LogP contribution in [-0.4, -0.2) is 19.1 Å². The van der Waals surface area contributed by atoms with Gasteiger partial charge in [0.1, 0.15) is 0 Å². The van der Waals surface area contributed by atoms with Gasteiger partial charge in [0.25, 0.3) is 0 Å². The Kier molecular flexibility index (Phi) is 6.91. The molecule has 62 valence electrons. The molecule has 1 atom stereocenters. The van der Waals surface area contributed by atoms with Crippen molar-refractivity contribution < 1.29 is 0 Å². The Hall–Kier alpha value is -0.120. The summed E-state index contributed by atoms with van der Waals surface area (Å²) in [5, 5.41) is 0. The van der Waals surface area contributed by atoms with Gasteiger partial charge in [-0.15, -0.1) is 0 Å². The average Bonchev–Trinajstić information content (AvgIpc) is 1.89. The van der Waals surface area contributed by atoms with Gasteiger partial charge in [-0.1, -0.05) is 6.42 Å². The van der Waals surface area contributed by atoms with Crippen molar-refractivity contribution in [2.24, 2.45) is 17.2 Å². The number of hydrogen-bond donors (Lipinski definition) is 3. The lowest BCUT2D eigenvalue weighted by atomic mass is 10.1. The average molecular weight is 145 g/mol. The van der Waals surface area contributed by atoms with Crippen molar-refractivity contribution >= 4 is 0 Å². The summed E-state index contributed by atoms with van der Waals surface area (Å²) in [5.74, 6) is 0. The van der Waals surface area contributed by atoms with E-state index in [4.69, 9.17) is 17.2 Å². The van der Waals surface area contributed by atoms with Crippen LogP contribution in [0.2, 0.25) is 0 Å². The van der Waals surface area contributed by atoms with Crippen LogP contribution in [0, 0.1) is 0 Å². The third kappa shape index (κ3) is 6.01. The maximum atomic E-state index is 5.70. The molecule has 0 aliphatic heterocycles. The van der Waals surface area contributed by atoms with Gasteiger partial charge in [-0.3, -0.25) is 0 Å². The third-order valence-electron chi connectivity index (χ3n) is 1.57. The highest BCUT2D eigenvalue weighted by Gasteiger charge is 1.98. The van der Waals surface area contributed by atoms with Gasteiger partial charge in [0.15, 0.2) is 0 Å². The maximum Gasteiger partial charge on any atom is 0.00508 e. The van der Waals surface area contributed by atoms with Gasteiger partial charge in [0, 0.05) is 6.04 Å². The summed E-state index contributed by atoms with van der Waals surface area (Å²) in [6.07, 6.45) is 4.22. The molecule has 0 aliphatic carbocycles. The van der Waals surface area contributed by atoms with Gasteiger partial charge in [-0.25, -0.2) is 0 Å². The molecule has 0 amide bonds. The van der Waals surface area contributed by atoms with E-state index in [9.17, 15) is 0 Å². The molecule has 0 aromatic heterocycles. The summed E-state index contributed by atoms with van der Waals surface area (Å²) in [4.78, 5) is 0. The lowest BCUT2D eigenvalue weighted by molar-refractivity contribution is 0.540. The first-order valence-electron chi connectivity index (χ1n) is 3.97. The molecule has 3 nitrogen and oxygen atoms in total. The molecule has 6 N–H and O–H groups in total. The topological polar surface area (TPSA) is 78.1 Å². The zero-order valence-electron chi connectivity index (χ0n) is 6.55. The lowest BCUT2D eigenvalue weighted by Crippen LogP contribution is -2.23. The molecule has 0 fully saturated rings. The van der Waals surface area contributed by atoms with Gasteiger partial charge in [-0.05, 0) is 32.4 Å². The van der Waals surface area contributed by atoms with Crippen molar-refractivity contribution in [1.29, 1.82) is 0 Å². The highest BCUT2D eigenvalue weighted by Crippen LogP contribution is 1.99. The summed E-state index contributed by atoms with van der Waals surface area (Å²) in [5.41, 5.74) is 16.4. The molecule has 0 saturated carbocycles. The van der Waals surface area contributed by atoms with Crippen LogP contribution in [0.4, 0.5) is 0 Å². The first kappa shape index (κ1) is 9.88. The molecule has 0 aromatic rings. The second-order valence-electron chi connectivity index (χ2n) is 2.62. The van der Waals surface area contributed by atoms with Gasteiger partial charge in [0.05, 0.1) is 0 Å². The van der Waals surface area contributed by atoms with Crippen molar-refractivity contribution in [2.75, 3.05) is 13.1 Å². The lowest BCUT2D eigenvalue weighted by Gasteiger charge is -2.08. The number of nitrogens with two attached hydrogens (primary N) is 3. The Morgan fingerprint density at radius 2 is 1.60 bits per heavy atom. The van der Waals surface area contributed by atoms with E-state index < -0.39 is 0 Å². The van der Waals surface area contributed by atoms with E-state index in [1.165, 1.54) is 0 Å². The van der Waals surface area contributed by atoms with Crippen LogP contribution in [0.25, 0.3) is 0 Å². The fraction of sp³-hybridized carbons (Fsp3) is 1.00. The van der Waals surface area contributed by atoms with Crippen LogP contribution in [0.5, 0.6) is 0 Å².